The second-order valence-corrected chi connectivity index (χ2v) is 6.39. The van der Waals surface area contributed by atoms with Crippen LogP contribution in [0.1, 0.15) is 49.3 Å². The van der Waals surface area contributed by atoms with E-state index in [1.54, 1.807) is 5.56 Å². The Bertz CT molecular complexity index is 404. The van der Waals surface area contributed by atoms with Gasteiger partial charge in [0.05, 0.1) is 0 Å². The van der Waals surface area contributed by atoms with Crippen molar-refractivity contribution in [3.63, 3.8) is 0 Å². The van der Waals surface area contributed by atoms with Crippen molar-refractivity contribution in [3.05, 3.63) is 34.9 Å². The zero-order valence-corrected chi connectivity index (χ0v) is 13.4. The first kappa shape index (κ1) is 15.5. The van der Waals surface area contributed by atoms with Gasteiger partial charge in [0.15, 0.2) is 0 Å². The topological polar surface area (TPSA) is 15.3 Å². The van der Waals surface area contributed by atoms with Crippen molar-refractivity contribution in [1.29, 1.82) is 0 Å². The molecule has 0 atom stereocenters. The summed E-state index contributed by atoms with van der Waals surface area (Å²) in [7, 11) is 0. The first-order valence-electron chi connectivity index (χ1n) is 8.19. The molecule has 0 unspecified atom stereocenters. The number of aryl methyl sites for hydroxylation is 2. The average molecular weight is 274 g/mol. The molecule has 2 rings (SSSR count). The predicted octanol–water partition coefficient (Wildman–Crippen LogP) is 3.35. The van der Waals surface area contributed by atoms with Crippen LogP contribution in [0.25, 0.3) is 0 Å². The van der Waals surface area contributed by atoms with Crippen LogP contribution in [-0.2, 0) is 6.42 Å². The highest BCUT2D eigenvalue weighted by Gasteiger charge is 2.09. The molecular formula is C18H30N2. The molecule has 1 aromatic rings. The van der Waals surface area contributed by atoms with Gasteiger partial charge < -0.3 is 10.2 Å². The van der Waals surface area contributed by atoms with Crippen molar-refractivity contribution >= 4 is 0 Å². The Morgan fingerprint density at radius 2 is 2.05 bits per heavy atom. The third kappa shape index (κ3) is 4.60. The molecule has 1 heterocycles. The summed E-state index contributed by atoms with van der Waals surface area (Å²) in [6.07, 6.45) is 3.79. The number of nitrogens with zero attached hydrogens (tertiary/aromatic N) is 1. The van der Waals surface area contributed by atoms with Crippen LogP contribution in [0.15, 0.2) is 18.2 Å². The molecule has 1 N–H and O–H groups in total. The first-order valence-corrected chi connectivity index (χ1v) is 8.19. The van der Waals surface area contributed by atoms with Crippen LogP contribution >= 0.6 is 0 Å². The van der Waals surface area contributed by atoms with Crippen molar-refractivity contribution in [1.82, 2.24) is 10.2 Å². The summed E-state index contributed by atoms with van der Waals surface area (Å²) >= 11 is 0. The van der Waals surface area contributed by atoms with Crippen LogP contribution in [0.3, 0.4) is 0 Å². The number of hydrogen-bond donors (Lipinski definition) is 1. The largest absolute Gasteiger partial charge is 0.315 e. The van der Waals surface area contributed by atoms with Crippen molar-refractivity contribution in [2.75, 3.05) is 32.7 Å². The van der Waals surface area contributed by atoms with E-state index in [1.165, 1.54) is 56.6 Å². The summed E-state index contributed by atoms with van der Waals surface area (Å²) in [4.78, 5) is 2.61. The Labute approximate surface area is 124 Å². The molecule has 2 heteroatoms. The highest BCUT2D eigenvalue weighted by atomic mass is 15.1. The monoisotopic (exact) mass is 274 g/mol. The van der Waals surface area contributed by atoms with Gasteiger partial charge in [-0.05, 0) is 68.4 Å². The maximum Gasteiger partial charge on any atom is 0.0107 e. The second-order valence-electron chi connectivity index (χ2n) is 6.39. The summed E-state index contributed by atoms with van der Waals surface area (Å²) < 4.78 is 0. The fourth-order valence-electron chi connectivity index (χ4n) is 2.94. The molecule has 1 saturated heterocycles. The lowest BCUT2D eigenvalue weighted by Gasteiger charge is -2.19. The van der Waals surface area contributed by atoms with E-state index in [0.29, 0.717) is 5.92 Å². The van der Waals surface area contributed by atoms with E-state index < -0.39 is 0 Å². The molecule has 0 aliphatic carbocycles. The molecule has 0 bridgehead atoms. The van der Waals surface area contributed by atoms with Crippen LogP contribution < -0.4 is 5.32 Å². The molecule has 112 valence electrons. The molecular weight excluding hydrogens is 244 g/mol. The molecule has 1 aromatic carbocycles. The summed E-state index contributed by atoms with van der Waals surface area (Å²) in [5.74, 6) is 0.631. The Morgan fingerprint density at radius 1 is 1.20 bits per heavy atom. The van der Waals surface area contributed by atoms with Crippen LogP contribution in [0.4, 0.5) is 0 Å². The summed E-state index contributed by atoms with van der Waals surface area (Å²) in [6, 6.07) is 6.99. The minimum atomic E-state index is 0.631. The fourth-order valence-corrected chi connectivity index (χ4v) is 2.94. The predicted molar refractivity (Wildman–Crippen MR) is 87.5 cm³/mol. The van der Waals surface area contributed by atoms with E-state index in [2.05, 4.69) is 49.2 Å². The minimum Gasteiger partial charge on any atom is -0.315 e. The van der Waals surface area contributed by atoms with E-state index in [-0.39, 0.29) is 0 Å². The third-order valence-corrected chi connectivity index (χ3v) is 4.39. The molecule has 20 heavy (non-hydrogen) atoms. The molecule has 0 spiro atoms. The number of nitrogens with one attached hydrogen (secondary N) is 1. The van der Waals surface area contributed by atoms with Crippen molar-refractivity contribution < 1.29 is 0 Å². The molecule has 0 radical (unpaired) electrons. The van der Waals surface area contributed by atoms with E-state index in [4.69, 9.17) is 0 Å². The smallest absolute Gasteiger partial charge is 0.0107 e. The molecule has 1 aliphatic heterocycles. The first-order chi connectivity index (χ1) is 9.66. The van der Waals surface area contributed by atoms with Crippen molar-refractivity contribution in [3.8, 4) is 0 Å². The zero-order chi connectivity index (χ0) is 14.4. The van der Waals surface area contributed by atoms with Crippen LogP contribution in [0.2, 0.25) is 0 Å². The molecule has 0 amide bonds. The minimum absolute atomic E-state index is 0.631. The number of benzene rings is 1. The molecule has 0 saturated carbocycles. The van der Waals surface area contributed by atoms with Gasteiger partial charge in [-0.3, -0.25) is 0 Å². The Kier molecular flexibility index (Phi) is 6.06. The second kappa shape index (κ2) is 7.80. The van der Waals surface area contributed by atoms with Gasteiger partial charge in [0.25, 0.3) is 0 Å². The summed E-state index contributed by atoms with van der Waals surface area (Å²) in [6.45, 7) is 12.9. The fraction of sp³-hybridized carbons (Fsp3) is 0.667. The zero-order valence-electron chi connectivity index (χ0n) is 13.4. The van der Waals surface area contributed by atoms with Gasteiger partial charge in [-0.2, -0.15) is 0 Å². The van der Waals surface area contributed by atoms with E-state index in [0.717, 1.165) is 6.54 Å². The molecule has 2 nitrogen and oxygen atoms in total. The Morgan fingerprint density at radius 3 is 2.85 bits per heavy atom. The van der Waals surface area contributed by atoms with Crippen LogP contribution in [0, 0.1) is 6.92 Å². The Balaban J connectivity index is 1.85. The third-order valence-electron chi connectivity index (χ3n) is 4.39. The van der Waals surface area contributed by atoms with Gasteiger partial charge in [0.2, 0.25) is 0 Å². The normalized spacial score (nSPS) is 17.4. The maximum absolute atomic E-state index is 3.47. The van der Waals surface area contributed by atoms with E-state index >= 15 is 0 Å². The number of hydrogen-bond acceptors (Lipinski definition) is 2. The van der Waals surface area contributed by atoms with Crippen molar-refractivity contribution in [2.45, 2.75) is 46.0 Å². The van der Waals surface area contributed by atoms with Gasteiger partial charge in [0.1, 0.15) is 0 Å². The standard InChI is InChI=1S/C18H30N2/c1-15(2)17-8-7-16(3)18(14-17)6-4-11-20-12-5-9-19-10-13-20/h7-8,14-15,19H,4-6,9-13H2,1-3H3. The van der Waals surface area contributed by atoms with Gasteiger partial charge in [0, 0.05) is 13.1 Å². The van der Waals surface area contributed by atoms with Gasteiger partial charge in [-0.25, -0.2) is 0 Å². The summed E-state index contributed by atoms with van der Waals surface area (Å²) in [5.41, 5.74) is 4.47. The van der Waals surface area contributed by atoms with Gasteiger partial charge in [-0.1, -0.05) is 32.0 Å². The van der Waals surface area contributed by atoms with Crippen LogP contribution in [-0.4, -0.2) is 37.6 Å². The van der Waals surface area contributed by atoms with Gasteiger partial charge in [-0.15, -0.1) is 0 Å². The highest BCUT2D eigenvalue weighted by Crippen LogP contribution is 2.19. The number of rotatable bonds is 5. The van der Waals surface area contributed by atoms with E-state index in [9.17, 15) is 0 Å². The van der Waals surface area contributed by atoms with Gasteiger partial charge >= 0.3 is 0 Å². The lowest BCUT2D eigenvalue weighted by molar-refractivity contribution is 0.289. The quantitative estimate of drug-likeness (QED) is 0.886. The Hall–Kier alpha value is -0.860. The lowest BCUT2D eigenvalue weighted by Crippen LogP contribution is -2.29. The van der Waals surface area contributed by atoms with E-state index in [1.807, 2.05) is 0 Å². The molecule has 1 aliphatic rings. The molecule has 0 aromatic heterocycles. The average Bonchev–Trinajstić information content (AvgIpc) is 2.69. The van der Waals surface area contributed by atoms with Crippen molar-refractivity contribution in [2.24, 2.45) is 0 Å². The lowest BCUT2D eigenvalue weighted by atomic mass is 9.95. The maximum atomic E-state index is 3.47. The van der Waals surface area contributed by atoms with Crippen LogP contribution in [0.5, 0.6) is 0 Å². The summed E-state index contributed by atoms with van der Waals surface area (Å²) in [5, 5.41) is 3.47. The molecule has 1 fully saturated rings. The highest BCUT2D eigenvalue weighted by molar-refractivity contribution is 5.32. The SMILES string of the molecule is Cc1ccc(C(C)C)cc1CCCN1CCCNCC1.